The zero-order valence-corrected chi connectivity index (χ0v) is 29.0. The van der Waals surface area contributed by atoms with Crippen LogP contribution in [0.2, 0.25) is 10.0 Å². The first kappa shape index (κ1) is 35.5. The number of ether oxygens (including phenoxy) is 2. The molecule has 0 bridgehead atoms. The lowest BCUT2D eigenvalue weighted by Gasteiger charge is -2.17. The highest BCUT2D eigenvalue weighted by molar-refractivity contribution is 6.39. The Kier molecular flexibility index (Phi) is 11.1. The van der Waals surface area contributed by atoms with Crippen LogP contribution in [-0.4, -0.2) is 61.2 Å². The molecule has 2 aliphatic heterocycles. The van der Waals surface area contributed by atoms with Gasteiger partial charge in [-0.3, -0.25) is 9.59 Å². The molecule has 0 unspecified atom stereocenters. The van der Waals surface area contributed by atoms with E-state index >= 15 is 8.78 Å². The van der Waals surface area contributed by atoms with Gasteiger partial charge in [0.2, 0.25) is 23.6 Å². The minimum absolute atomic E-state index is 0.0473. The van der Waals surface area contributed by atoms with Gasteiger partial charge in [-0.25, -0.2) is 18.7 Å². The summed E-state index contributed by atoms with van der Waals surface area (Å²) in [5.74, 6) is -0.512. The second-order valence-electron chi connectivity index (χ2n) is 12.2. The Hall–Kier alpha value is -4.36. The van der Waals surface area contributed by atoms with E-state index in [9.17, 15) is 9.59 Å². The van der Waals surface area contributed by atoms with Crippen LogP contribution in [0.1, 0.15) is 36.8 Å². The van der Waals surface area contributed by atoms with Gasteiger partial charge < -0.3 is 30.7 Å². The summed E-state index contributed by atoms with van der Waals surface area (Å²) >= 11 is 13.8. The van der Waals surface area contributed by atoms with E-state index in [0.717, 1.165) is 24.0 Å². The second-order valence-corrected chi connectivity index (χ2v) is 13.0. The Bertz CT molecular complexity index is 1790. The second kappa shape index (κ2) is 15.7. The van der Waals surface area contributed by atoms with Gasteiger partial charge in [0, 0.05) is 84.5 Å². The summed E-state index contributed by atoms with van der Waals surface area (Å²) in [6.07, 6.45) is 2.59. The van der Waals surface area contributed by atoms with Crippen LogP contribution >= 0.6 is 23.2 Å². The number of halogens is 4. The van der Waals surface area contributed by atoms with Crippen LogP contribution in [0.4, 0.5) is 8.78 Å². The lowest BCUT2D eigenvalue weighted by Crippen LogP contribution is -2.35. The summed E-state index contributed by atoms with van der Waals surface area (Å²) in [7, 11) is 2.98. The van der Waals surface area contributed by atoms with Gasteiger partial charge in [0.1, 0.15) is 11.6 Å². The van der Waals surface area contributed by atoms with Crippen molar-refractivity contribution < 1.29 is 27.8 Å². The summed E-state index contributed by atoms with van der Waals surface area (Å²) in [5, 5.41) is 12.7. The quantitative estimate of drug-likeness (QED) is 0.136. The first-order chi connectivity index (χ1) is 24.1. The van der Waals surface area contributed by atoms with Gasteiger partial charge in [0.05, 0.1) is 35.7 Å². The Labute approximate surface area is 298 Å². The molecule has 0 spiro atoms. The van der Waals surface area contributed by atoms with Crippen molar-refractivity contribution in [3.05, 3.63) is 81.3 Å². The molecule has 2 atom stereocenters. The zero-order chi connectivity index (χ0) is 35.4. The van der Waals surface area contributed by atoms with Gasteiger partial charge in [-0.05, 0) is 49.2 Å². The molecule has 4 heterocycles. The van der Waals surface area contributed by atoms with Crippen molar-refractivity contribution in [3.63, 3.8) is 0 Å². The largest absolute Gasteiger partial charge is 0.481 e. The molecule has 50 heavy (non-hydrogen) atoms. The van der Waals surface area contributed by atoms with Crippen LogP contribution in [-0.2, 0) is 22.7 Å². The van der Waals surface area contributed by atoms with Gasteiger partial charge in [-0.15, -0.1) is 0 Å². The molecule has 2 saturated heterocycles. The van der Waals surface area contributed by atoms with E-state index in [4.69, 9.17) is 32.7 Å². The fourth-order valence-electron chi connectivity index (χ4n) is 6.23. The molecule has 4 N–H and O–H groups in total. The number of nitrogens with zero attached hydrogens (tertiary/aromatic N) is 2. The number of amides is 2. The number of methoxy groups -OCH3 is 2. The number of aromatic nitrogens is 2. The van der Waals surface area contributed by atoms with Gasteiger partial charge in [0.25, 0.3) is 0 Å². The van der Waals surface area contributed by atoms with Crippen molar-refractivity contribution in [1.29, 1.82) is 0 Å². The minimum atomic E-state index is -0.625. The monoisotopic (exact) mass is 724 g/mol. The third-order valence-electron chi connectivity index (χ3n) is 8.76. The van der Waals surface area contributed by atoms with Crippen molar-refractivity contribution in [2.75, 3.05) is 27.3 Å². The number of rotatable bonds is 13. The van der Waals surface area contributed by atoms with E-state index in [0.29, 0.717) is 62.2 Å². The van der Waals surface area contributed by atoms with Crippen LogP contribution in [0.3, 0.4) is 0 Å². The molecule has 262 valence electrons. The highest BCUT2D eigenvalue weighted by Crippen LogP contribution is 2.43. The Morgan fingerprint density at radius 3 is 1.46 bits per heavy atom. The first-order valence-corrected chi connectivity index (χ1v) is 17.0. The maximum absolute atomic E-state index is 15.3. The third kappa shape index (κ3) is 7.99. The molecule has 2 aromatic heterocycles. The number of hydrogen-bond acceptors (Lipinski definition) is 8. The number of nitrogens with one attached hydrogen (secondary N) is 4. The molecule has 10 nitrogen and oxygen atoms in total. The summed E-state index contributed by atoms with van der Waals surface area (Å²) in [6, 6.07) is 12.1. The third-order valence-corrected chi connectivity index (χ3v) is 9.58. The van der Waals surface area contributed by atoms with E-state index in [2.05, 4.69) is 31.2 Å². The van der Waals surface area contributed by atoms with E-state index in [-0.39, 0.29) is 56.2 Å². The molecule has 2 amide bonds. The average molecular weight is 726 g/mol. The van der Waals surface area contributed by atoms with Crippen molar-refractivity contribution >= 4 is 35.0 Å². The maximum atomic E-state index is 15.3. The topological polar surface area (TPSA) is 126 Å². The molecule has 0 aliphatic carbocycles. The minimum Gasteiger partial charge on any atom is -0.481 e. The Morgan fingerprint density at radius 2 is 1.10 bits per heavy atom. The SMILES string of the molecule is COc1nc(-c2cc(F)cc(-c3cc(F)cc(-c4ccc(CNC[C@@H]5CCC(=O)N5)c(OC)n4)c3Cl)c2Cl)ccc1CNC[C@@H]1CCC(=O)N1. The van der Waals surface area contributed by atoms with Gasteiger partial charge in [0.15, 0.2) is 0 Å². The van der Waals surface area contributed by atoms with E-state index in [1.165, 1.54) is 38.5 Å². The molecule has 0 radical (unpaired) electrons. The summed E-state index contributed by atoms with van der Waals surface area (Å²) in [6.45, 7) is 2.06. The highest BCUT2D eigenvalue weighted by Gasteiger charge is 2.23. The van der Waals surface area contributed by atoms with Gasteiger partial charge in [-0.2, -0.15) is 0 Å². The molecular formula is C36H36Cl2F2N6O4. The van der Waals surface area contributed by atoms with Crippen LogP contribution in [0.5, 0.6) is 11.8 Å². The zero-order valence-electron chi connectivity index (χ0n) is 27.5. The lowest BCUT2D eigenvalue weighted by molar-refractivity contribution is -0.120. The number of pyridine rings is 2. The fourth-order valence-corrected chi connectivity index (χ4v) is 6.84. The molecule has 14 heteroatoms. The maximum Gasteiger partial charge on any atom is 0.220 e. The average Bonchev–Trinajstić information content (AvgIpc) is 3.73. The molecule has 2 aliphatic rings. The first-order valence-electron chi connectivity index (χ1n) is 16.2. The molecule has 0 saturated carbocycles. The number of benzene rings is 2. The van der Waals surface area contributed by atoms with Crippen LogP contribution in [0.25, 0.3) is 33.6 Å². The Balaban J connectivity index is 1.25. The van der Waals surface area contributed by atoms with Crippen molar-refractivity contribution in [2.24, 2.45) is 0 Å². The van der Waals surface area contributed by atoms with Gasteiger partial charge in [-0.1, -0.05) is 35.3 Å². The van der Waals surface area contributed by atoms with E-state index in [1.54, 1.807) is 24.3 Å². The van der Waals surface area contributed by atoms with Crippen molar-refractivity contribution in [1.82, 2.24) is 31.2 Å². The number of carbonyl (C=O) groups excluding carboxylic acids is 2. The standard InChI is InChI=1S/C36H36Cl2F2N6O4/c1-49-35-19(15-41-17-23-5-9-31(47)43-23)3-7-29(45-35)27-13-21(39)11-25(33(27)37)26-12-22(40)14-28(34(26)38)30-8-4-20(36(46-30)50-2)16-42-18-24-6-10-32(48)44-24/h3-4,7-8,11-14,23-24,41-42H,5-6,9-10,15-18H2,1-2H3,(H,43,47)(H,44,48)/t23-,24-/m0/s1. The summed E-state index contributed by atoms with van der Waals surface area (Å²) < 4.78 is 41.6. The molecular weight excluding hydrogens is 689 g/mol. The molecule has 2 aromatic carbocycles. The normalized spacial score (nSPS) is 17.2. The Morgan fingerprint density at radius 1 is 0.700 bits per heavy atom. The van der Waals surface area contributed by atoms with Crippen molar-refractivity contribution in [3.8, 4) is 45.4 Å². The van der Waals surface area contributed by atoms with Crippen LogP contribution < -0.4 is 30.7 Å². The summed E-state index contributed by atoms with van der Waals surface area (Å²) in [4.78, 5) is 32.2. The summed E-state index contributed by atoms with van der Waals surface area (Å²) in [5.41, 5.74) is 3.09. The molecule has 4 aromatic rings. The molecule has 2 fully saturated rings. The smallest absolute Gasteiger partial charge is 0.220 e. The van der Waals surface area contributed by atoms with E-state index < -0.39 is 11.6 Å². The van der Waals surface area contributed by atoms with Crippen LogP contribution in [0.15, 0.2) is 48.5 Å². The predicted octanol–water partition coefficient (Wildman–Crippen LogP) is 5.82. The number of carbonyl (C=O) groups is 2. The molecule has 6 rings (SSSR count). The lowest BCUT2D eigenvalue weighted by atomic mass is 9.97. The van der Waals surface area contributed by atoms with Gasteiger partial charge >= 0.3 is 0 Å². The number of hydrogen-bond donors (Lipinski definition) is 4. The van der Waals surface area contributed by atoms with Crippen molar-refractivity contribution in [2.45, 2.75) is 50.9 Å². The fraction of sp³-hybridized carbons (Fsp3) is 0.333. The predicted molar refractivity (Wildman–Crippen MR) is 187 cm³/mol. The highest BCUT2D eigenvalue weighted by atomic mass is 35.5. The van der Waals surface area contributed by atoms with E-state index in [1.807, 2.05) is 0 Å². The van der Waals surface area contributed by atoms with Crippen LogP contribution in [0, 0.1) is 11.6 Å².